The maximum Gasteiger partial charge on any atom is 0.308 e. The van der Waals surface area contributed by atoms with E-state index in [0.717, 1.165) is 22.4 Å². The second-order valence-electron chi connectivity index (χ2n) is 4.98. The molecule has 22 heavy (non-hydrogen) atoms. The maximum absolute atomic E-state index is 11.0. The van der Waals surface area contributed by atoms with Crippen molar-refractivity contribution in [3.05, 3.63) is 53.6 Å². The van der Waals surface area contributed by atoms with Gasteiger partial charge in [0.15, 0.2) is 0 Å². The fraction of sp³-hybridized carbons (Fsp3) is 0.167. The highest BCUT2D eigenvalue weighted by atomic mass is 16.5. The number of fused-ring (bicyclic) bond motifs is 1. The number of ether oxygens (including phenoxy) is 3. The van der Waals surface area contributed by atoms with E-state index in [2.05, 4.69) is 6.08 Å². The molecule has 0 aliphatic carbocycles. The SMILES string of the molecule is COc1cccc(C2=Cc3ccc(OC(C)=O)cc3OC2)c1. The molecule has 2 aromatic carbocycles. The Balaban J connectivity index is 1.91. The van der Waals surface area contributed by atoms with Crippen molar-refractivity contribution >= 4 is 17.6 Å². The van der Waals surface area contributed by atoms with Crippen LogP contribution in [-0.2, 0) is 4.79 Å². The lowest BCUT2D eigenvalue weighted by atomic mass is 10.0. The predicted octanol–water partition coefficient (Wildman–Crippen LogP) is 3.55. The van der Waals surface area contributed by atoms with Crippen LogP contribution in [0.15, 0.2) is 42.5 Å². The zero-order valence-corrected chi connectivity index (χ0v) is 12.5. The number of hydrogen-bond donors (Lipinski definition) is 0. The van der Waals surface area contributed by atoms with Crippen LogP contribution < -0.4 is 14.2 Å². The number of esters is 1. The Bertz CT molecular complexity index is 747. The number of benzene rings is 2. The van der Waals surface area contributed by atoms with Gasteiger partial charge in [-0.1, -0.05) is 12.1 Å². The molecule has 0 aromatic heterocycles. The van der Waals surface area contributed by atoms with Gasteiger partial charge in [0, 0.05) is 18.6 Å². The quantitative estimate of drug-likeness (QED) is 0.642. The van der Waals surface area contributed by atoms with E-state index in [-0.39, 0.29) is 5.97 Å². The maximum atomic E-state index is 11.0. The molecule has 0 spiro atoms. The van der Waals surface area contributed by atoms with E-state index < -0.39 is 0 Å². The Labute approximate surface area is 128 Å². The molecule has 0 fully saturated rings. The van der Waals surface area contributed by atoms with Gasteiger partial charge in [-0.25, -0.2) is 0 Å². The summed E-state index contributed by atoms with van der Waals surface area (Å²) in [6.45, 7) is 1.84. The fourth-order valence-electron chi connectivity index (χ4n) is 2.36. The smallest absolute Gasteiger partial charge is 0.308 e. The molecule has 2 aromatic rings. The van der Waals surface area contributed by atoms with Gasteiger partial charge in [0.2, 0.25) is 0 Å². The molecule has 4 heteroatoms. The Morgan fingerprint density at radius 1 is 1.14 bits per heavy atom. The molecule has 0 saturated heterocycles. The minimum atomic E-state index is -0.344. The lowest BCUT2D eigenvalue weighted by Crippen LogP contribution is -2.08. The second kappa shape index (κ2) is 5.93. The average Bonchev–Trinajstić information content (AvgIpc) is 2.54. The van der Waals surface area contributed by atoms with Gasteiger partial charge in [-0.3, -0.25) is 4.79 Å². The van der Waals surface area contributed by atoms with Gasteiger partial charge >= 0.3 is 5.97 Å². The molecule has 0 amide bonds. The molecule has 0 saturated carbocycles. The highest BCUT2D eigenvalue weighted by molar-refractivity contribution is 5.86. The van der Waals surface area contributed by atoms with Crippen molar-refractivity contribution in [2.75, 3.05) is 13.7 Å². The topological polar surface area (TPSA) is 44.8 Å². The fourth-order valence-corrected chi connectivity index (χ4v) is 2.36. The first-order valence-electron chi connectivity index (χ1n) is 6.96. The zero-order chi connectivity index (χ0) is 15.5. The van der Waals surface area contributed by atoms with Crippen LogP contribution in [0, 0.1) is 0 Å². The molecule has 1 aliphatic rings. The molecule has 1 heterocycles. The molecule has 0 atom stereocenters. The summed E-state index contributed by atoms with van der Waals surface area (Å²) in [5, 5.41) is 0. The summed E-state index contributed by atoms with van der Waals surface area (Å²) >= 11 is 0. The van der Waals surface area contributed by atoms with Gasteiger partial charge in [0.05, 0.1) is 7.11 Å². The minimum Gasteiger partial charge on any atom is -0.497 e. The van der Waals surface area contributed by atoms with E-state index in [1.54, 1.807) is 19.2 Å². The van der Waals surface area contributed by atoms with Gasteiger partial charge < -0.3 is 14.2 Å². The van der Waals surface area contributed by atoms with Crippen molar-refractivity contribution in [2.24, 2.45) is 0 Å². The lowest BCUT2D eigenvalue weighted by molar-refractivity contribution is -0.131. The third kappa shape index (κ3) is 2.96. The van der Waals surface area contributed by atoms with Crippen molar-refractivity contribution in [1.82, 2.24) is 0 Å². The summed E-state index contributed by atoms with van der Waals surface area (Å²) in [6.07, 6.45) is 2.07. The van der Waals surface area contributed by atoms with Gasteiger partial charge in [-0.2, -0.15) is 0 Å². The molecule has 0 N–H and O–H groups in total. The molecule has 4 nitrogen and oxygen atoms in total. The van der Waals surface area contributed by atoms with E-state index in [1.165, 1.54) is 6.92 Å². The summed E-state index contributed by atoms with van der Waals surface area (Å²) in [7, 11) is 1.65. The number of carbonyl (C=O) groups is 1. The number of hydrogen-bond acceptors (Lipinski definition) is 4. The normalized spacial score (nSPS) is 12.7. The Hall–Kier alpha value is -2.75. The first-order chi connectivity index (χ1) is 10.7. The van der Waals surface area contributed by atoms with Crippen molar-refractivity contribution in [2.45, 2.75) is 6.92 Å². The van der Waals surface area contributed by atoms with Gasteiger partial charge in [-0.05, 0) is 41.5 Å². The van der Waals surface area contributed by atoms with Crippen LogP contribution in [0.25, 0.3) is 11.6 Å². The molecule has 0 unspecified atom stereocenters. The highest BCUT2D eigenvalue weighted by Crippen LogP contribution is 2.34. The van der Waals surface area contributed by atoms with Crippen LogP contribution in [0.4, 0.5) is 0 Å². The van der Waals surface area contributed by atoms with Crippen LogP contribution in [0.3, 0.4) is 0 Å². The molecule has 3 rings (SSSR count). The van der Waals surface area contributed by atoms with Gasteiger partial charge in [-0.15, -0.1) is 0 Å². The average molecular weight is 296 g/mol. The Kier molecular flexibility index (Phi) is 3.83. The molecule has 112 valence electrons. The largest absolute Gasteiger partial charge is 0.497 e. The highest BCUT2D eigenvalue weighted by Gasteiger charge is 2.14. The third-order valence-corrected chi connectivity index (χ3v) is 3.40. The van der Waals surface area contributed by atoms with Crippen molar-refractivity contribution in [3.63, 3.8) is 0 Å². The van der Waals surface area contributed by atoms with Crippen molar-refractivity contribution in [1.29, 1.82) is 0 Å². The first kappa shape index (κ1) is 14.2. The van der Waals surface area contributed by atoms with E-state index >= 15 is 0 Å². The van der Waals surface area contributed by atoms with E-state index in [1.807, 2.05) is 30.3 Å². The standard InChI is InChI=1S/C18H16O4/c1-12(19)22-17-7-6-14-8-15(11-21-18(14)10-17)13-4-3-5-16(9-13)20-2/h3-10H,11H2,1-2H3. The lowest BCUT2D eigenvalue weighted by Gasteiger charge is -2.19. The zero-order valence-electron chi connectivity index (χ0n) is 12.5. The first-order valence-corrected chi connectivity index (χ1v) is 6.96. The van der Waals surface area contributed by atoms with Crippen molar-refractivity contribution in [3.8, 4) is 17.2 Å². The minimum absolute atomic E-state index is 0.344. The third-order valence-electron chi connectivity index (χ3n) is 3.40. The van der Waals surface area contributed by atoms with Crippen LogP contribution >= 0.6 is 0 Å². The van der Waals surface area contributed by atoms with E-state index in [9.17, 15) is 4.79 Å². The van der Waals surface area contributed by atoms with Crippen LogP contribution in [0.5, 0.6) is 17.2 Å². The van der Waals surface area contributed by atoms with Gasteiger partial charge in [0.25, 0.3) is 0 Å². The number of methoxy groups -OCH3 is 1. The predicted molar refractivity (Wildman–Crippen MR) is 84.1 cm³/mol. The molecular formula is C18H16O4. The van der Waals surface area contributed by atoms with Gasteiger partial charge in [0.1, 0.15) is 23.9 Å². The number of carbonyl (C=O) groups excluding carboxylic acids is 1. The molecule has 0 radical (unpaired) electrons. The molecule has 1 aliphatic heterocycles. The summed E-state index contributed by atoms with van der Waals surface area (Å²) in [5.41, 5.74) is 3.10. The van der Waals surface area contributed by atoms with Crippen molar-refractivity contribution < 1.29 is 19.0 Å². The summed E-state index contributed by atoms with van der Waals surface area (Å²) in [4.78, 5) is 11.0. The van der Waals surface area contributed by atoms with E-state index in [4.69, 9.17) is 14.2 Å². The summed E-state index contributed by atoms with van der Waals surface area (Å²) in [6, 6.07) is 13.2. The van der Waals surface area contributed by atoms with Crippen LogP contribution in [0.1, 0.15) is 18.1 Å². The Morgan fingerprint density at radius 2 is 2.00 bits per heavy atom. The second-order valence-corrected chi connectivity index (χ2v) is 4.98. The van der Waals surface area contributed by atoms with E-state index in [0.29, 0.717) is 18.1 Å². The van der Waals surface area contributed by atoms with Crippen LogP contribution in [0.2, 0.25) is 0 Å². The van der Waals surface area contributed by atoms with Crippen LogP contribution in [-0.4, -0.2) is 19.7 Å². The molecular weight excluding hydrogens is 280 g/mol. The Morgan fingerprint density at radius 3 is 2.77 bits per heavy atom. The summed E-state index contributed by atoms with van der Waals surface area (Å²) < 4.78 is 16.1. The molecule has 0 bridgehead atoms. The number of rotatable bonds is 3. The monoisotopic (exact) mass is 296 g/mol. The summed E-state index contributed by atoms with van der Waals surface area (Å²) in [5.74, 6) is 1.67.